The Morgan fingerprint density at radius 3 is 2.37 bits per heavy atom. The van der Waals surface area contributed by atoms with Gasteiger partial charge in [-0.15, -0.1) is 0 Å². The molecule has 0 amide bonds. The minimum absolute atomic E-state index is 0.0706. The summed E-state index contributed by atoms with van der Waals surface area (Å²) in [5.74, 6) is 0.457. The van der Waals surface area contributed by atoms with Gasteiger partial charge >= 0.3 is 0 Å². The molecule has 0 aliphatic rings. The molecule has 0 radical (unpaired) electrons. The van der Waals surface area contributed by atoms with Crippen LogP contribution in [0.5, 0.6) is 5.75 Å². The molecule has 1 rings (SSSR count). The predicted octanol–water partition coefficient (Wildman–Crippen LogP) is 4.13. The number of rotatable bonds is 7. The number of hydrogen-bond acceptors (Lipinski definition) is 3. The normalized spacial score (nSPS) is 11.4. The maximum absolute atomic E-state index is 12.8. The zero-order valence-corrected chi connectivity index (χ0v) is 12.7. The van der Waals surface area contributed by atoms with Gasteiger partial charge in [0.25, 0.3) is 0 Å². The maximum atomic E-state index is 12.8. The Labute approximate surface area is 119 Å². The molecule has 4 heteroatoms. The first-order valence-electron chi connectivity index (χ1n) is 6.56. The van der Waals surface area contributed by atoms with Crippen molar-refractivity contribution in [1.29, 1.82) is 0 Å². The summed E-state index contributed by atoms with van der Waals surface area (Å²) < 4.78 is 11.0. The molecule has 0 N–H and O–H groups in total. The van der Waals surface area contributed by atoms with Crippen molar-refractivity contribution < 1.29 is 14.3 Å². The van der Waals surface area contributed by atoms with Crippen LogP contribution >= 0.6 is 11.6 Å². The van der Waals surface area contributed by atoms with Gasteiger partial charge < -0.3 is 9.47 Å². The lowest BCUT2D eigenvalue weighted by Gasteiger charge is -2.30. The lowest BCUT2D eigenvalue weighted by molar-refractivity contribution is -0.0251. The fourth-order valence-electron chi connectivity index (χ4n) is 2.22. The number of ketones is 1. The van der Waals surface area contributed by atoms with Crippen LogP contribution in [0.25, 0.3) is 0 Å². The summed E-state index contributed by atoms with van der Waals surface area (Å²) in [4.78, 5) is 12.8. The number of halogens is 1. The molecule has 106 valence electrons. The highest BCUT2D eigenvalue weighted by atomic mass is 35.5. The minimum Gasteiger partial charge on any atom is -0.496 e. The summed E-state index contributed by atoms with van der Waals surface area (Å²) in [7, 11) is 1.54. The lowest BCUT2D eigenvalue weighted by atomic mass is 9.87. The zero-order chi connectivity index (χ0) is 14.5. The van der Waals surface area contributed by atoms with Crippen molar-refractivity contribution in [2.24, 2.45) is 0 Å². The van der Waals surface area contributed by atoms with Crippen LogP contribution < -0.4 is 4.74 Å². The lowest BCUT2D eigenvalue weighted by Crippen LogP contribution is -2.40. The van der Waals surface area contributed by atoms with Gasteiger partial charge in [0, 0.05) is 11.6 Å². The van der Waals surface area contributed by atoms with Crippen LogP contribution in [0.15, 0.2) is 18.2 Å². The monoisotopic (exact) mass is 284 g/mol. The van der Waals surface area contributed by atoms with Gasteiger partial charge in [-0.05, 0) is 38.0 Å². The van der Waals surface area contributed by atoms with E-state index in [-0.39, 0.29) is 5.78 Å². The molecule has 0 atom stereocenters. The van der Waals surface area contributed by atoms with E-state index in [9.17, 15) is 4.79 Å². The molecule has 0 bridgehead atoms. The Morgan fingerprint density at radius 2 is 1.89 bits per heavy atom. The van der Waals surface area contributed by atoms with E-state index in [1.807, 2.05) is 20.8 Å². The first kappa shape index (κ1) is 16.0. The van der Waals surface area contributed by atoms with Gasteiger partial charge in [-0.25, -0.2) is 0 Å². The standard InChI is InChI=1S/C15H21ClO3/c1-5-15(6-2,19-7-3)14(17)12-10-11(16)8-9-13(12)18-4/h8-10H,5-7H2,1-4H3. The Bertz CT molecular complexity index is 439. The van der Waals surface area contributed by atoms with Gasteiger partial charge in [-0.3, -0.25) is 4.79 Å². The topological polar surface area (TPSA) is 35.5 Å². The summed E-state index contributed by atoms with van der Waals surface area (Å²) in [5, 5.41) is 0.516. The molecule has 1 aromatic carbocycles. The van der Waals surface area contributed by atoms with Gasteiger partial charge in [0.2, 0.25) is 0 Å². The number of benzene rings is 1. The Morgan fingerprint density at radius 1 is 1.26 bits per heavy atom. The zero-order valence-electron chi connectivity index (χ0n) is 12.0. The molecule has 0 unspecified atom stereocenters. The van der Waals surface area contributed by atoms with Crippen LogP contribution in [0.4, 0.5) is 0 Å². The van der Waals surface area contributed by atoms with E-state index in [4.69, 9.17) is 21.1 Å². The van der Waals surface area contributed by atoms with Gasteiger partial charge in [0.1, 0.15) is 11.4 Å². The van der Waals surface area contributed by atoms with Gasteiger partial charge in [0.05, 0.1) is 12.7 Å². The molecule has 0 aliphatic heterocycles. The van der Waals surface area contributed by atoms with Crippen LogP contribution in [0.3, 0.4) is 0 Å². The molecule has 0 heterocycles. The fourth-order valence-corrected chi connectivity index (χ4v) is 2.39. The van der Waals surface area contributed by atoms with Crippen molar-refractivity contribution >= 4 is 17.4 Å². The molecule has 0 saturated heterocycles. The molecule has 19 heavy (non-hydrogen) atoms. The molecule has 0 aliphatic carbocycles. The van der Waals surface area contributed by atoms with Crippen LogP contribution in [0.2, 0.25) is 5.02 Å². The second-order valence-electron chi connectivity index (χ2n) is 4.31. The molecule has 0 aromatic heterocycles. The number of carbonyl (C=O) groups is 1. The number of hydrogen-bond donors (Lipinski definition) is 0. The average Bonchev–Trinajstić information content (AvgIpc) is 2.44. The fraction of sp³-hybridized carbons (Fsp3) is 0.533. The molecule has 0 fully saturated rings. The van der Waals surface area contributed by atoms with Crippen LogP contribution in [-0.4, -0.2) is 25.1 Å². The summed E-state index contributed by atoms with van der Waals surface area (Å²) >= 11 is 5.98. The first-order valence-corrected chi connectivity index (χ1v) is 6.94. The van der Waals surface area contributed by atoms with E-state index >= 15 is 0 Å². The Balaban J connectivity index is 3.26. The van der Waals surface area contributed by atoms with E-state index in [0.717, 1.165) is 0 Å². The Kier molecular flexibility index (Phi) is 5.83. The Hall–Kier alpha value is -1.06. The highest BCUT2D eigenvalue weighted by molar-refractivity contribution is 6.31. The molecule has 3 nitrogen and oxygen atoms in total. The van der Waals surface area contributed by atoms with Gasteiger partial charge in [0.15, 0.2) is 5.78 Å². The van der Waals surface area contributed by atoms with Crippen molar-refractivity contribution in [2.75, 3.05) is 13.7 Å². The van der Waals surface area contributed by atoms with E-state index < -0.39 is 5.60 Å². The quantitative estimate of drug-likeness (QED) is 0.706. The van der Waals surface area contributed by atoms with Crippen molar-refractivity contribution in [2.45, 2.75) is 39.2 Å². The molecular formula is C15H21ClO3. The number of Topliss-reactive ketones (excluding diaryl/α,β-unsaturated/α-hetero) is 1. The molecule has 0 spiro atoms. The van der Waals surface area contributed by atoms with E-state index in [1.54, 1.807) is 25.3 Å². The van der Waals surface area contributed by atoms with Gasteiger partial charge in [-0.2, -0.15) is 0 Å². The van der Waals surface area contributed by atoms with E-state index in [0.29, 0.717) is 35.8 Å². The third-order valence-corrected chi connectivity index (χ3v) is 3.62. The maximum Gasteiger partial charge on any atom is 0.198 e. The van der Waals surface area contributed by atoms with Crippen LogP contribution in [-0.2, 0) is 4.74 Å². The van der Waals surface area contributed by atoms with Crippen molar-refractivity contribution in [3.05, 3.63) is 28.8 Å². The second kappa shape index (κ2) is 6.92. The average molecular weight is 285 g/mol. The number of carbonyl (C=O) groups excluding carboxylic acids is 1. The predicted molar refractivity (Wildman–Crippen MR) is 77.3 cm³/mol. The minimum atomic E-state index is -0.799. The highest BCUT2D eigenvalue weighted by Gasteiger charge is 2.37. The highest BCUT2D eigenvalue weighted by Crippen LogP contribution is 2.31. The number of methoxy groups -OCH3 is 1. The first-order chi connectivity index (χ1) is 9.04. The smallest absolute Gasteiger partial charge is 0.198 e. The van der Waals surface area contributed by atoms with Crippen LogP contribution in [0.1, 0.15) is 44.0 Å². The third-order valence-electron chi connectivity index (χ3n) is 3.38. The molecular weight excluding hydrogens is 264 g/mol. The molecule has 1 aromatic rings. The molecule has 0 saturated carbocycles. The second-order valence-corrected chi connectivity index (χ2v) is 4.74. The van der Waals surface area contributed by atoms with Crippen molar-refractivity contribution in [3.63, 3.8) is 0 Å². The summed E-state index contributed by atoms with van der Waals surface area (Å²) in [6.07, 6.45) is 1.23. The summed E-state index contributed by atoms with van der Waals surface area (Å²) in [6, 6.07) is 5.05. The largest absolute Gasteiger partial charge is 0.496 e. The summed E-state index contributed by atoms with van der Waals surface area (Å²) in [6.45, 7) is 6.29. The van der Waals surface area contributed by atoms with Gasteiger partial charge in [-0.1, -0.05) is 25.4 Å². The SMILES string of the molecule is CCOC(CC)(CC)C(=O)c1cc(Cl)ccc1OC. The van der Waals surface area contributed by atoms with Crippen molar-refractivity contribution in [1.82, 2.24) is 0 Å². The summed E-state index contributed by atoms with van der Waals surface area (Å²) in [5.41, 5.74) is -0.320. The van der Waals surface area contributed by atoms with Crippen LogP contribution in [0, 0.1) is 0 Å². The third kappa shape index (κ3) is 3.28. The number of ether oxygens (including phenoxy) is 2. The van der Waals surface area contributed by atoms with E-state index in [2.05, 4.69) is 0 Å². The van der Waals surface area contributed by atoms with Crippen molar-refractivity contribution in [3.8, 4) is 5.75 Å². The van der Waals surface area contributed by atoms with E-state index in [1.165, 1.54) is 0 Å².